The first kappa shape index (κ1) is 6.55. The largest absolute Gasteiger partial charge is 0.462 e. The van der Waals surface area contributed by atoms with Crippen molar-refractivity contribution in [3.8, 4) is 0 Å². The summed E-state index contributed by atoms with van der Waals surface area (Å²) in [5.74, 6) is -0.120. The molecule has 1 fully saturated rings. The summed E-state index contributed by atoms with van der Waals surface area (Å²) in [4.78, 5) is 10.7. The quantitative estimate of drug-likeness (QED) is 0.418. The van der Waals surface area contributed by atoms with Gasteiger partial charge < -0.3 is 10.1 Å². The highest BCUT2D eigenvalue weighted by Gasteiger charge is 2.30. The number of carbonyl (C=O) groups is 1. The van der Waals surface area contributed by atoms with E-state index in [0.29, 0.717) is 0 Å². The molecule has 0 aromatic rings. The molecule has 3 heteroatoms. The fourth-order valence-corrected chi connectivity index (χ4v) is 0.540. The van der Waals surface area contributed by atoms with Crippen molar-refractivity contribution in [3.05, 3.63) is 0 Å². The summed E-state index contributed by atoms with van der Waals surface area (Å²) in [6.45, 7) is 4.48. The van der Waals surface area contributed by atoms with Gasteiger partial charge in [-0.25, -0.2) is 0 Å². The van der Waals surface area contributed by atoms with Gasteiger partial charge in [-0.15, -0.1) is 0 Å². The minimum atomic E-state index is -0.120. The third kappa shape index (κ3) is 2.01. The molecule has 1 heterocycles. The van der Waals surface area contributed by atoms with E-state index in [-0.39, 0.29) is 18.1 Å². The van der Waals surface area contributed by atoms with Gasteiger partial charge in [-0.05, 0) is 13.8 Å². The molecule has 0 spiro atoms. The molecule has 1 aliphatic heterocycles. The van der Waals surface area contributed by atoms with E-state index >= 15 is 0 Å². The van der Waals surface area contributed by atoms with Crippen molar-refractivity contribution >= 4 is 5.97 Å². The van der Waals surface area contributed by atoms with Crippen LogP contribution in [0.15, 0.2) is 0 Å². The van der Waals surface area contributed by atoms with Crippen LogP contribution >= 0.6 is 0 Å². The second-order valence-electron chi connectivity index (χ2n) is 2.45. The Kier molecular flexibility index (Phi) is 1.71. The summed E-state index contributed by atoms with van der Waals surface area (Å²) in [6, 6.07) is -0.00704. The van der Waals surface area contributed by atoms with Gasteiger partial charge in [0, 0.05) is 6.54 Å². The van der Waals surface area contributed by atoms with Crippen LogP contribution < -0.4 is 5.32 Å². The van der Waals surface area contributed by atoms with Gasteiger partial charge in [0.25, 0.3) is 0 Å². The molecule has 0 amide bonds. The summed E-state index contributed by atoms with van der Waals surface area (Å²) in [5.41, 5.74) is 0. The average molecular weight is 129 g/mol. The number of rotatable bonds is 2. The van der Waals surface area contributed by atoms with E-state index in [2.05, 4.69) is 5.32 Å². The van der Waals surface area contributed by atoms with Crippen LogP contribution in [0.2, 0.25) is 0 Å². The Morgan fingerprint density at radius 1 is 1.78 bits per heavy atom. The van der Waals surface area contributed by atoms with Crippen LogP contribution in [0.4, 0.5) is 0 Å². The SMILES string of the molecule is CC(C)OC(=O)[C@@H]1CN1. The van der Waals surface area contributed by atoms with Gasteiger partial charge in [0.15, 0.2) is 0 Å². The number of carbonyl (C=O) groups excluding carboxylic acids is 1. The standard InChI is InChI=1S/C6H11NO2/c1-4(2)9-6(8)5-3-7-5/h4-5,7H,3H2,1-2H3/t5-/m0/s1. The zero-order valence-corrected chi connectivity index (χ0v) is 5.68. The molecular formula is C6H11NO2. The second kappa shape index (κ2) is 2.35. The lowest BCUT2D eigenvalue weighted by atomic mass is 10.4. The third-order valence-electron chi connectivity index (χ3n) is 1.04. The van der Waals surface area contributed by atoms with Crippen LogP contribution in [-0.2, 0) is 9.53 Å². The molecular weight excluding hydrogens is 118 g/mol. The van der Waals surface area contributed by atoms with E-state index < -0.39 is 0 Å². The summed E-state index contributed by atoms with van der Waals surface area (Å²) in [6.07, 6.45) is 0.0138. The molecule has 1 aliphatic rings. The Bertz CT molecular complexity index is 118. The van der Waals surface area contributed by atoms with Crippen molar-refractivity contribution in [1.29, 1.82) is 0 Å². The van der Waals surface area contributed by atoms with Crippen LogP contribution in [0.1, 0.15) is 13.8 Å². The molecule has 0 saturated carbocycles. The first-order valence-corrected chi connectivity index (χ1v) is 3.14. The molecule has 0 aromatic heterocycles. The normalized spacial score (nSPS) is 24.1. The number of hydrogen-bond acceptors (Lipinski definition) is 3. The predicted octanol–water partition coefficient (Wildman–Crippen LogP) is -0.0902. The minimum absolute atomic E-state index is 0.00704. The molecule has 1 saturated heterocycles. The summed E-state index contributed by atoms with van der Waals surface area (Å²) in [5, 5.41) is 2.86. The van der Waals surface area contributed by atoms with Crippen LogP contribution in [0, 0.1) is 0 Å². The van der Waals surface area contributed by atoms with Gasteiger partial charge in [0.05, 0.1) is 6.10 Å². The summed E-state index contributed by atoms with van der Waals surface area (Å²) >= 11 is 0. The smallest absolute Gasteiger partial charge is 0.324 e. The van der Waals surface area contributed by atoms with Crippen molar-refractivity contribution in [2.75, 3.05) is 6.54 Å². The Balaban J connectivity index is 2.18. The van der Waals surface area contributed by atoms with Gasteiger partial charge in [0.2, 0.25) is 0 Å². The number of nitrogens with one attached hydrogen (secondary N) is 1. The van der Waals surface area contributed by atoms with Crippen LogP contribution in [-0.4, -0.2) is 24.7 Å². The number of hydrogen-bond donors (Lipinski definition) is 1. The average Bonchev–Trinajstić information content (AvgIpc) is 2.40. The van der Waals surface area contributed by atoms with Crippen LogP contribution in [0.3, 0.4) is 0 Å². The minimum Gasteiger partial charge on any atom is -0.462 e. The second-order valence-corrected chi connectivity index (χ2v) is 2.45. The lowest BCUT2D eigenvalue weighted by molar-refractivity contribution is -0.146. The molecule has 0 unspecified atom stereocenters. The highest BCUT2D eigenvalue weighted by atomic mass is 16.5. The van der Waals surface area contributed by atoms with Crippen molar-refractivity contribution in [1.82, 2.24) is 5.32 Å². The first-order valence-electron chi connectivity index (χ1n) is 3.14. The van der Waals surface area contributed by atoms with Crippen LogP contribution in [0.5, 0.6) is 0 Å². The molecule has 3 nitrogen and oxygen atoms in total. The lowest BCUT2D eigenvalue weighted by Crippen LogP contribution is -2.18. The molecule has 0 aliphatic carbocycles. The van der Waals surface area contributed by atoms with Crippen molar-refractivity contribution in [3.63, 3.8) is 0 Å². The number of esters is 1. The Morgan fingerprint density at radius 2 is 2.33 bits per heavy atom. The zero-order chi connectivity index (χ0) is 6.85. The van der Waals surface area contributed by atoms with Gasteiger partial charge in [0.1, 0.15) is 6.04 Å². The Hall–Kier alpha value is -0.570. The van der Waals surface area contributed by atoms with Crippen molar-refractivity contribution in [2.45, 2.75) is 26.0 Å². The van der Waals surface area contributed by atoms with Crippen molar-refractivity contribution < 1.29 is 9.53 Å². The van der Waals surface area contributed by atoms with Gasteiger partial charge in [-0.2, -0.15) is 0 Å². The zero-order valence-electron chi connectivity index (χ0n) is 5.68. The predicted molar refractivity (Wildman–Crippen MR) is 33.0 cm³/mol. The Morgan fingerprint density at radius 3 is 2.67 bits per heavy atom. The topological polar surface area (TPSA) is 48.2 Å². The van der Waals surface area contributed by atoms with E-state index in [0.717, 1.165) is 6.54 Å². The molecule has 1 N–H and O–H groups in total. The lowest BCUT2D eigenvalue weighted by Gasteiger charge is -2.04. The molecule has 9 heavy (non-hydrogen) atoms. The first-order chi connectivity index (χ1) is 4.20. The third-order valence-corrected chi connectivity index (χ3v) is 1.04. The summed E-state index contributed by atoms with van der Waals surface area (Å²) in [7, 11) is 0. The fourth-order valence-electron chi connectivity index (χ4n) is 0.540. The molecule has 1 rings (SSSR count). The molecule has 52 valence electrons. The van der Waals surface area contributed by atoms with E-state index in [1.807, 2.05) is 13.8 Å². The van der Waals surface area contributed by atoms with Gasteiger partial charge in [-0.1, -0.05) is 0 Å². The number of ether oxygens (including phenoxy) is 1. The molecule has 1 atom stereocenters. The van der Waals surface area contributed by atoms with E-state index in [4.69, 9.17) is 4.74 Å². The maximum Gasteiger partial charge on any atom is 0.324 e. The molecule has 0 radical (unpaired) electrons. The Labute approximate surface area is 54.4 Å². The highest BCUT2D eigenvalue weighted by molar-refractivity contribution is 5.79. The molecule has 0 aromatic carbocycles. The van der Waals surface area contributed by atoms with E-state index in [1.165, 1.54) is 0 Å². The monoisotopic (exact) mass is 129 g/mol. The maximum absolute atomic E-state index is 10.7. The van der Waals surface area contributed by atoms with E-state index in [1.54, 1.807) is 0 Å². The van der Waals surface area contributed by atoms with Crippen LogP contribution in [0.25, 0.3) is 0 Å². The van der Waals surface area contributed by atoms with Crippen molar-refractivity contribution in [2.24, 2.45) is 0 Å². The van der Waals surface area contributed by atoms with E-state index in [9.17, 15) is 4.79 Å². The van der Waals surface area contributed by atoms with Gasteiger partial charge in [-0.3, -0.25) is 4.79 Å². The van der Waals surface area contributed by atoms with Gasteiger partial charge >= 0.3 is 5.97 Å². The summed E-state index contributed by atoms with van der Waals surface area (Å²) < 4.78 is 4.87. The highest BCUT2D eigenvalue weighted by Crippen LogP contribution is 2.01. The maximum atomic E-state index is 10.7. The molecule has 0 bridgehead atoms. The fraction of sp³-hybridized carbons (Fsp3) is 0.833.